The van der Waals surface area contributed by atoms with Crippen molar-refractivity contribution in [2.45, 2.75) is 52.6 Å². The maximum absolute atomic E-state index is 9.68. The number of rotatable bonds is 8. The Bertz CT molecular complexity index is 530. The Labute approximate surface area is 133 Å². The largest absolute Gasteiger partial charge is 0.493 e. The van der Waals surface area contributed by atoms with Crippen molar-refractivity contribution in [2.75, 3.05) is 13.2 Å². The first-order valence-electron chi connectivity index (χ1n) is 7.79. The van der Waals surface area contributed by atoms with E-state index in [9.17, 15) is 5.11 Å². The van der Waals surface area contributed by atoms with Crippen LogP contribution in [-0.2, 0) is 0 Å². The Kier molecular flexibility index (Phi) is 6.75. The molecule has 0 aromatic heterocycles. The predicted octanol–water partition coefficient (Wildman–Crippen LogP) is 3.81. The van der Waals surface area contributed by atoms with E-state index in [0.717, 1.165) is 23.3 Å². The van der Waals surface area contributed by atoms with Crippen molar-refractivity contribution >= 4 is 11.9 Å². The summed E-state index contributed by atoms with van der Waals surface area (Å²) in [4.78, 5) is 4.31. The van der Waals surface area contributed by atoms with Crippen LogP contribution in [0.15, 0.2) is 23.2 Å². The van der Waals surface area contributed by atoms with Crippen LogP contribution in [-0.4, -0.2) is 35.8 Å². The summed E-state index contributed by atoms with van der Waals surface area (Å²) in [5.41, 5.74) is 1.64. The summed E-state index contributed by atoms with van der Waals surface area (Å²) in [6.07, 6.45) is 2.79. The Balaban J connectivity index is 2.92. The van der Waals surface area contributed by atoms with Gasteiger partial charge < -0.3 is 15.3 Å². The predicted molar refractivity (Wildman–Crippen MR) is 92.8 cm³/mol. The van der Waals surface area contributed by atoms with Crippen LogP contribution >= 0.6 is 0 Å². The topological polar surface area (TPSA) is 65.7 Å². The third-order valence-electron chi connectivity index (χ3n) is 3.20. The van der Waals surface area contributed by atoms with Gasteiger partial charge in [-0.3, -0.25) is 4.99 Å². The molecule has 122 valence electrons. The fourth-order valence-electron chi connectivity index (χ4n) is 1.98. The number of nitrogens with one attached hydrogen (secondary N) is 1. The molecule has 0 saturated carbocycles. The first-order chi connectivity index (χ1) is 10.2. The summed E-state index contributed by atoms with van der Waals surface area (Å²) in [6.45, 7) is 10.4. The number of aliphatic imine (C=N–C) groups is 1. The molecule has 4 nitrogen and oxygen atoms in total. The van der Waals surface area contributed by atoms with Gasteiger partial charge >= 0.3 is 0 Å². The molecule has 0 heterocycles. The molecular weight excluding hydrogens is 276 g/mol. The van der Waals surface area contributed by atoms with E-state index in [0.29, 0.717) is 18.9 Å². The van der Waals surface area contributed by atoms with Crippen molar-refractivity contribution in [1.82, 2.24) is 0 Å². The fourth-order valence-corrected chi connectivity index (χ4v) is 1.98. The number of ether oxygens (including phenoxy) is 1. The van der Waals surface area contributed by atoms with Gasteiger partial charge in [-0.05, 0) is 44.9 Å². The fraction of sp³-hybridized carbons (Fsp3) is 0.556. The lowest BCUT2D eigenvalue weighted by atomic mass is 9.98. The SMILES string of the molecule is CCCOc1cc(C(C)C=NCC(C)(C)O)ccc1C(C)=N. The van der Waals surface area contributed by atoms with E-state index in [1.54, 1.807) is 20.8 Å². The summed E-state index contributed by atoms with van der Waals surface area (Å²) in [5, 5.41) is 17.5. The zero-order valence-corrected chi connectivity index (χ0v) is 14.3. The molecule has 0 aliphatic carbocycles. The van der Waals surface area contributed by atoms with Gasteiger partial charge in [0.2, 0.25) is 0 Å². The van der Waals surface area contributed by atoms with E-state index in [1.165, 1.54) is 0 Å². The Morgan fingerprint density at radius 3 is 2.68 bits per heavy atom. The third-order valence-corrected chi connectivity index (χ3v) is 3.20. The van der Waals surface area contributed by atoms with Crippen LogP contribution in [0.3, 0.4) is 0 Å². The molecule has 0 radical (unpaired) electrons. The first kappa shape index (κ1) is 18.4. The molecule has 2 N–H and O–H groups in total. The van der Waals surface area contributed by atoms with E-state index in [-0.39, 0.29) is 5.92 Å². The number of hydrogen-bond acceptors (Lipinski definition) is 4. The molecule has 22 heavy (non-hydrogen) atoms. The van der Waals surface area contributed by atoms with Crippen LogP contribution in [0.1, 0.15) is 58.1 Å². The molecule has 0 aliphatic heterocycles. The highest BCUT2D eigenvalue weighted by Crippen LogP contribution is 2.25. The second kappa shape index (κ2) is 8.08. The maximum Gasteiger partial charge on any atom is 0.128 e. The van der Waals surface area contributed by atoms with Gasteiger partial charge in [-0.1, -0.05) is 19.9 Å². The van der Waals surface area contributed by atoms with Crippen molar-refractivity contribution in [3.8, 4) is 5.75 Å². The number of benzene rings is 1. The van der Waals surface area contributed by atoms with Crippen molar-refractivity contribution in [1.29, 1.82) is 5.41 Å². The van der Waals surface area contributed by atoms with Crippen LogP contribution in [0.25, 0.3) is 0 Å². The van der Waals surface area contributed by atoms with Gasteiger partial charge in [0.05, 0.1) is 18.8 Å². The molecule has 1 aromatic carbocycles. The average Bonchev–Trinajstić information content (AvgIpc) is 2.43. The Morgan fingerprint density at radius 2 is 2.14 bits per heavy atom. The van der Waals surface area contributed by atoms with Crippen LogP contribution < -0.4 is 4.74 Å². The molecule has 0 aliphatic rings. The molecule has 0 amide bonds. The van der Waals surface area contributed by atoms with Gasteiger partial charge in [0.25, 0.3) is 0 Å². The van der Waals surface area contributed by atoms with Gasteiger partial charge in [0, 0.05) is 23.4 Å². The highest BCUT2D eigenvalue weighted by Gasteiger charge is 2.12. The second-order valence-electron chi connectivity index (χ2n) is 6.32. The van der Waals surface area contributed by atoms with Gasteiger partial charge in [-0.15, -0.1) is 0 Å². The molecule has 0 saturated heterocycles. The minimum absolute atomic E-state index is 0.131. The Morgan fingerprint density at radius 1 is 1.45 bits per heavy atom. The highest BCUT2D eigenvalue weighted by molar-refractivity contribution is 5.99. The smallest absolute Gasteiger partial charge is 0.128 e. The summed E-state index contributed by atoms with van der Waals surface area (Å²) in [5.74, 6) is 0.890. The quantitative estimate of drug-likeness (QED) is 0.717. The van der Waals surface area contributed by atoms with Crippen LogP contribution in [0.2, 0.25) is 0 Å². The molecule has 0 bridgehead atoms. The van der Waals surface area contributed by atoms with Gasteiger partial charge in [0.1, 0.15) is 5.75 Å². The van der Waals surface area contributed by atoms with E-state index < -0.39 is 5.60 Å². The molecule has 4 heteroatoms. The lowest BCUT2D eigenvalue weighted by Gasteiger charge is -2.15. The van der Waals surface area contributed by atoms with Crippen molar-refractivity contribution < 1.29 is 9.84 Å². The summed E-state index contributed by atoms with van der Waals surface area (Å²) in [6, 6.07) is 5.93. The third kappa shape index (κ3) is 5.98. The number of aliphatic hydroxyl groups is 1. The normalized spacial score (nSPS) is 13.4. The monoisotopic (exact) mass is 304 g/mol. The lowest BCUT2D eigenvalue weighted by molar-refractivity contribution is 0.0905. The van der Waals surface area contributed by atoms with Gasteiger partial charge in [-0.25, -0.2) is 0 Å². The summed E-state index contributed by atoms with van der Waals surface area (Å²) < 4.78 is 5.77. The zero-order valence-electron chi connectivity index (χ0n) is 14.3. The minimum Gasteiger partial charge on any atom is -0.493 e. The van der Waals surface area contributed by atoms with E-state index in [1.807, 2.05) is 24.4 Å². The molecule has 0 spiro atoms. The minimum atomic E-state index is -0.785. The molecule has 1 unspecified atom stereocenters. The van der Waals surface area contributed by atoms with Gasteiger partial charge in [-0.2, -0.15) is 0 Å². The van der Waals surface area contributed by atoms with Crippen LogP contribution in [0.5, 0.6) is 5.75 Å². The molecule has 1 rings (SSSR count). The van der Waals surface area contributed by atoms with Crippen LogP contribution in [0, 0.1) is 5.41 Å². The van der Waals surface area contributed by atoms with Gasteiger partial charge in [0.15, 0.2) is 0 Å². The molecule has 0 fully saturated rings. The number of nitrogens with zero attached hydrogens (tertiary/aromatic N) is 1. The van der Waals surface area contributed by atoms with Crippen LogP contribution in [0.4, 0.5) is 0 Å². The number of hydrogen-bond donors (Lipinski definition) is 2. The standard InChI is InChI=1S/C18H28N2O2/c1-6-9-22-17-10-15(7-8-16(17)14(3)19)13(2)11-20-12-18(4,5)21/h7-8,10-11,13,19,21H,6,9,12H2,1-5H3. The van der Waals surface area contributed by atoms with E-state index in [4.69, 9.17) is 10.1 Å². The maximum atomic E-state index is 9.68. The van der Waals surface area contributed by atoms with Crippen molar-refractivity contribution in [2.24, 2.45) is 4.99 Å². The summed E-state index contributed by atoms with van der Waals surface area (Å²) >= 11 is 0. The zero-order chi connectivity index (χ0) is 16.8. The van der Waals surface area contributed by atoms with E-state index >= 15 is 0 Å². The molecule has 1 atom stereocenters. The molecule has 1 aromatic rings. The van der Waals surface area contributed by atoms with Crippen molar-refractivity contribution in [3.05, 3.63) is 29.3 Å². The van der Waals surface area contributed by atoms with E-state index in [2.05, 4.69) is 18.8 Å². The first-order valence-corrected chi connectivity index (χ1v) is 7.79. The Hall–Kier alpha value is -1.68. The molecular formula is C18H28N2O2. The van der Waals surface area contributed by atoms with Crippen molar-refractivity contribution in [3.63, 3.8) is 0 Å². The highest BCUT2D eigenvalue weighted by atomic mass is 16.5. The average molecular weight is 304 g/mol. The second-order valence-corrected chi connectivity index (χ2v) is 6.32. The lowest BCUT2D eigenvalue weighted by Crippen LogP contribution is -2.22. The summed E-state index contributed by atoms with van der Waals surface area (Å²) in [7, 11) is 0.